The molecule has 6 heteroatoms. The molecule has 4 rings (SSSR count). The van der Waals surface area contributed by atoms with E-state index < -0.39 is 17.8 Å². The molecule has 0 saturated heterocycles. The average molecular weight is 535 g/mol. The molecule has 4 aliphatic carbocycles. The van der Waals surface area contributed by atoms with Crippen molar-refractivity contribution in [1.29, 1.82) is 0 Å². The summed E-state index contributed by atoms with van der Waals surface area (Å²) in [5, 5.41) is 42.5. The van der Waals surface area contributed by atoms with Gasteiger partial charge in [-0.15, -0.1) is 0 Å². The van der Waals surface area contributed by atoms with E-state index in [1.54, 1.807) is 0 Å². The number of hydrogen-bond acceptors (Lipinski definition) is 6. The Morgan fingerprint density at radius 2 is 1.74 bits per heavy atom. The second-order valence-corrected chi connectivity index (χ2v) is 15.4. The van der Waals surface area contributed by atoms with Crippen molar-refractivity contribution in [2.75, 3.05) is 0 Å². The van der Waals surface area contributed by atoms with Gasteiger partial charge in [-0.2, -0.15) is 0 Å². The number of allylic oxidation sites excluding steroid dienone is 1. The van der Waals surface area contributed by atoms with Crippen LogP contribution in [0.1, 0.15) is 107 Å². The number of fused-ring (bicyclic) bond motifs is 5. The first-order valence-corrected chi connectivity index (χ1v) is 15.0. The lowest BCUT2D eigenvalue weighted by Crippen LogP contribution is -2.66. The Kier molecular flexibility index (Phi) is 7.56. The molecular formula is C32H54O6. The lowest BCUT2D eigenvalue weighted by Gasteiger charge is -2.68. The maximum atomic E-state index is 12.4. The van der Waals surface area contributed by atoms with E-state index in [0.29, 0.717) is 18.3 Å². The Balaban J connectivity index is 1.68. The Morgan fingerprint density at radius 1 is 1.11 bits per heavy atom. The summed E-state index contributed by atoms with van der Waals surface area (Å²) < 4.78 is 6.21. The van der Waals surface area contributed by atoms with Crippen LogP contribution < -0.4 is 0 Å². The molecule has 0 aromatic heterocycles. The smallest absolute Gasteiger partial charge is 0.302 e. The summed E-state index contributed by atoms with van der Waals surface area (Å²) in [7, 11) is 0. The molecule has 0 aromatic carbocycles. The zero-order chi connectivity index (χ0) is 28.6. The monoisotopic (exact) mass is 534 g/mol. The SMILES string of the molecule is CC(=O)OC1CC2C(C)(C)C(O)CCC2(C)C2CCC3(C)C(=CCC3C(C)CC(O)C(O)C(C)(C)O)C12C. The van der Waals surface area contributed by atoms with E-state index in [9.17, 15) is 25.2 Å². The molecule has 4 aliphatic rings. The van der Waals surface area contributed by atoms with Crippen LogP contribution in [0.5, 0.6) is 0 Å². The summed E-state index contributed by atoms with van der Waals surface area (Å²) >= 11 is 0. The van der Waals surface area contributed by atoms with Gasteiger partial charge in [-0.05, 0) is 98.7 Å². The van der Waals surface area contributed by atoms with Gasteiger partial charge in [0.2, 0.25) is 0 Å². The van der Waals surface area contributed by atoms with Crippen LogP contribution in [0.15, 0.2) is 11.6 Å². The summed E-state index contributed by atoms with van der Waals surface area (Å²) in [6, 6.07) is 0. The molecule has 3 saturated carbocycles. The third kappa shape index (κ3) is 4.40. The van der Waals surface area contributed by atoms with Gasteiger partial charge in [0, 0.05) is 12.3 Å². The second-order valence-electron chi connectivity index (χ2n) is 15.4. The molecule has 0 amide bonds. The number of rotatable bonds is 6. The van der Waals surface area contributed by atoms with Crippen LogP contribution in [0.2, 0.25) is 0 Å². The Bertz CT molecular complexity index is 950. The summed E-state index contributed by atoms with van der Waals surface area (Å²) in [4.78, 5) is 12.4. The molecule has 0 bridgehead atoms. The zero-order valence-electron chi connectivity index (χ0n) is 25.3. The van der Waals surface area contributed by atoms with Gasteiger partial charge in [0.1, 0.15) is 12.2 Å². The van der Waals surface area contributed by atoms with Crippen LogP contribution in [0.3, 0.4) is 0 Å². The minimum Gasteiger partial charge on any atom is -0.462 e. The van der Waals surface area contributed by atoms with Crippen molar-refractivity contribution >= 4 is 5.97 Å². The first kappa shape index (κ1) is 30.0. The summed E-state index contributed by atoms with van der Waals surface area (Å²) in [6.07, 6.45) is 5.58. The number of hydrogen-bond donors (Lipinski definition) is 4. The minimum absolute atomic E-state index is 0.0486. The Morgan fingerprint density at radius 3 is 2.32 bits per heavy atom. The fourth-order valence-electron chi connectivity index (χ4n) is 10.3. The molecule has 6 nitrogen and oxygen atoms in total. The fraction of sp³-hybridized carbons (Fsp3) is 0.906. The third-order valence-electron chi connectivity index (χ3n) is 12.4. The van der Waals surface area contributed by atoms with Gasteiger partial charge in [0.15, 0.2) is 0 Å². The second kappa shape index (κ2) is 9.56. The van der Waals surface area contributed by atoms with Crippen LogP contribution >= 0.6 is 0 Å². The maximum Gasteiger partial charge on any atom is 0.302 e. The molecule has 218 valence electrons. The maximum absolute atomic E-state index is 12.4. The number of esters is 1. The van der Waals surface area contributed by atoms with E-state index >= 15 is 0 Å². The highest BCUT2D eigenvalue weighted by Gasteiger charge is 2.69. The van der Waals surface area contributed by atoms with Gasteiger partial charge in [-0.1, -0.05) is 53.2 Å². The van der Waals surface area contributed by atoms with Crippen molar-refractivity contribution in [2.45, 2.75) is 137 Å². The number of ether oxygens (including phenoxy) is 1. The molecule has 11 atom stereocenters. The predicted octanol–water partition coefficient (Wildman–Crippen LogP) is 5.01. The lowest BCUT2D eigenvalue weighted by atomic mass is 9.37. The van der Waals surface area contributed by atoms with Crippen LogP contribution in [-0.2, 0) is 9.53 Å². The van der Waals surface area contributed by atoms with Crippen molar-refractivity contribution < 1.29 is 30.0 Å². The van der Waals surface area contributed by atoms with E-state index in [4.69, 9.17) is 4.74 Å². The van der Waals surface area contributed by atoms with Gasteiger partial charge in [-0.25, -0.2) is 0 Å². The molecule has 3 fully saturated rings. The molecule has 0 heterocycles. The Hall–Kier alpha value is -0.950. The summed E-state index contributed by atoms with van der Waals surface area (Å²) in [5.41, 5.74) is -0.526. The molecule has 0 spiro atoms. The molecule has 38 heavy (non-hydrogen) atoms. The van der Waals surface area contributed by atoms with Crippen LogP contribution in [0.25, 0.3) is 0 Å². The summed E-state index contributed by atoms with van der Waals surface area (Å²) in [5.74, 6) is 0.810. The standard InChI is InChI=1S/C32H54O6/c1-18(16-21(34)27(36)29(5,6)37)20-10-11-22-30(20,7)14-12-23-31(8)15-13-25(35)28(3,4)24(31)17-26(32(22,23)9)38-19(2)33/h11,18,20-21,23-27,34-37H,10,12-17H2,1-9H3. The molecule has 0 radical (unpaired) electrons. The largest absolute Gasteiger partial charge is 0.462 e. The first-order valence-electron chi connectivity index (χ1n) is 15.0. The van der Waals surface area contributed by atoms with Crippen molar-refractivity contribution in [3.63, 3.8) is 0 Å². The van der Waals surface area contributed by atoms with E-state index in [1.165, 1.54) is 26.3 Å². The van der Waals surface area contributed by atoms with E-state index in [-0.39, 0.29) is 51.7 Å². The number of carbonyl (C=O) groups is 1. The fourth-order valence-corrected chi connectivity index (χ4v) is 10.3. The van der Waals surface area contributed by atoms with Crippen molar-refractivity contribution in [1.82, 2.24) is 0 Å². The third-order valence-corrected chi connectivity index (χ3v) is 12.4. The van der Waals surface area contributed by atoms with E-state index in [0.717, 1.165) is 38.5 Å². The van der Waals surface area contributed by atoms with Crippen molar-refractivity contribution in [3.8, 4) is 0 Å². The van der Waals surface area contributed by atoms with Gasteiger partial charge in [0.25, 0.3) is 0 Å². The predicted molar refractivity (Wildman–Crippen MR) is 148 cm³/mol. The van der Waals surface area contributed by atoms with Crippen LogP contribution in [0, 0.1) is 45.3 Å². The van der Waals surface area contributed by atoms with E-state index in [1.807, 2.05) is 0 Å². The van der Waals surface area contributed by atoms with Gasteiger partial charge >= 0.3 is 5.97 Å². The number of aliphatic hydroxyl groups is 4. The van der Waals surface area contributed by atoms with Gasteiger partial charge in [-0.3, -0.25) is 4.79 Å². The molecule has 11 unspecified atom stereocenters. The highest BCUT2D eigenvalue weighted by molar-refractivity contribution is 5.66. The topological polar surface area (TPSA) is 107 Å². The molecule has 0 aliphatic heterocycles. The lowest BCUT2D eigenvalue weighted by molar-refractivity contribution is -0.222. The first-order chi connectivity index (χ1) is 17.3. The highest BCUT2D eigenvalue weighted by Crippen LogP contribution is 2.73. The minimum atomic E-state index is -1.36. The normalized spacial score (nSPS) is 44.7. The molecular weight excluding hydrogens is 480 g/mol. The zero-order valence-corrected chi connectivity index (χ0v) is 25.3. The number of aliphatic hydroxyl groups excluding tert-OH is 3. The number of carbonyl (C=O) groups excluding carboxylic acids is 1. The quantitative estimate of drug-likeness (QED) is 0.282. The molecule has 0 aromatic rings. The van der Waals surface area contributed by atoms with Crippen LogP contribution in [0.4, 0.5) is 0 Å². The average Bonchev–Trinajstić information content (AvgIpc) is 3.15. The van der Waals surface area contributed by atoms with Crippen molar-refractivity contribution in [2.24, 2.45) is 45.3 Å². The van der Waals surface area contributed by atoms with Gasteiger partial charge < -0.3 is 25.2 Å². The molecule has 4 N–H and O–H groups in total. The Labute approximate surface area is 230 Å². The van der Waals surface area contributed by atoms with E-state index in [2.05, 4.69) is 47.6 Å². The van der Waals surface area contributed by atoms with Crippen molar-refractivity contribution in [3.05, 3.63) is 11.6 Å². The van der Waals surface area contributed by atoms with Gasteiger partial charge in [0.05, 0.1) is 17.8 Å². The summed E-state index contributed by atoms with van der Waals surface area (Å²) in [6.45, 7) is 18.3. The highest BCUT2D eigenvalue weighted by atomic mass is 16.5. The van der Waals surface area contributed by atoms with Crippen LogP contribution in [-0.4, -0.2) is 56.4 Å².